The Hall–Kier alpha value is -2.85. The average molecular weight is 407 g/mol. The highest BCUT2D eigenvalue weighted by molar-refractivity contribution is 6.30. The molecular formula is C24H23ClN2O2. The summed E-state index contributed by atoms with van der Waals surface area (Å²) in [5, 5.41) is 5.67. The van der Waals surface area contributed by atoms with Gasteiger partial charge in [-0.3, -0.25) is 9.59 Å². The van der Waals surface area contributed by atoms with Crippen LogP contribution in [0.1, 0.15) is 28.8 Å². The molecule has 5 heteroatoms. The van der Waals surface area contributed by atoms with Gasteiger partial charge in [-0.2, -0.15) is 0 Å². The summed E-state index contributed by atoms with van der Waals surface area (Å²) in [6.45, 7) is 1.60. The summed E-state index contributed by atoms with van der Waals surface area (Å²) >= 11 is 5.90. The van der Waals surface area contributed by atoms with Crippen molar-refractivity contribution in [2.75, 3.05) is 13.1 Å². The van der Waals surface area contributed by atoms with E-state index >= 15 is 0 Å². The van der Waals surface area contributed by atoms with E-state index < -0.39 is 0 Å². The number of nitrogens with one attached hydrogen (secondary N) is 1. The first kappa shape index (κ1) is 19.5. The molecule has 1 N–H and O–H groups in total. The third-order valence-electron chi connectivity index (χ3n) is 5.48. The Labute approximate surface area is 175 Å². The van der Waals surface area contributed by atoms with Gasteiger partial charge in [0.25, 0.3) is 5.91 Å². The number of benzene rings is 3. The molecule has 0 aliphatic carbocycles. The van der Waals surface area contributed by atoms with E-state index in [0.717, 1.165) is 29.2 Å². The number of piperidine rings is 1. The van der Waals surface area contributed by atoms with Gasteiger partial charge in [-0.05, 0) is 47.4 Å². The van der Waals surface area contributed by atoms with Crippen LogP contribution in [0.5, 0.6) is 0 Å². The maximum atomic E-state index is 13.2. The Morgan fingerprint density at radius 2 is 1.76 bits per heavy atom. The van der Waals surface area contributed by atoms with Gasteiger partial charge in [-0.15, -0.1) is 0 Å². The molecule has 0 saturated carbocycles. The summed E-state index contributed by atoms with van der Waals surface area (Å²) in [6.07, 6.45) is 1.63. The van der Waals surface area contributed by atoms with Gasteiger partial charge in [0.05, 0.1) is 5.92 Å². The van der Waals surface area contributed by atoms with Crippen molar-refractivity contribution in [3.8, 4) is 0 Å². The smallest absolute Gasteiger partial charge is 0.254 e. The van der Waals surface area contributed by atoms with Crippen molar-refractivity contribution in [1.29, 1.82) is 0 Å². The molecule has 1 heterocycles. The molecule has 4 rings (SSSR count). The molecule has 1 saturated heterocycles. The second-order valence-electron chi connectivity index (χ2n) is 7.46. The third-order valence-corrected chi connectivity index (χ3v) is 5.73. The van der Waals surface area contributed by atoms with Crippen LogP contribution in [0.25, 0.3) is 10.8 Å². The summed E-state index contributed by atoms with van der Waals surface area (Å²) in [7, 11) is 0. The lowest BCUT2D eigenvalue weighted by atomic mass is 9.95. The number of halogens is 1. The molecule has 0 aromatic heterocycles. The van der Waals surface area contributed by atoms with Gasteiger partial charge in [0.1, 0.15) is 0 Å². The maximum absolute atomic E-state index is 13.2. The summed E-state index contributed by atoms with van der Waals surface area (Å²) in [5.74, 6) is -0.192. The van der Waals surface area contributed by atoms with E-state index in [2.05, 4.69) is 5.32 Å². The zero-order valence-corrected chi connectivity index (χ0v) is 16.9. The van der Waals surface area contributed by atoms with Crippen LogP contribution in [0.15, 0.2) is 66.7 Å². The van der Waals surface area contributed by atoms with Gasteiger partial charge >= 0.3 is 0 Å². The number of fused-ring (bicyclic) bond motifs is 1. The van der Waals surface area contributed by atoms with Crippen LogP contribution in [0.2, 0.25) is 5.02 Å². The highest BCUT2D eigenvalue weighted by Crippen LogP contribution is 2.23. The van der Waals surface area contributed by atoms with Gasteiger partial charge in [0.2, 0.25) is 5.91 Å². The lowest BCUT2D eigenvalue weighted by Gasteiger charge is -2.32. The molecule has 3 aromatic rings. The Morgan fingerprint density at radius 1 is 1.00 bits per heavy atom. The number of amides is 2. The SMILES string of the molecule is O=C(NCc1ccc(Cl)cc1)C1CCCN(C(=O)c2cccc3ccccc23)C1. The summed E-state index contributed by atoms with van der Waals surface area (Å²) in [4.78, 5) is 27.7. The standard InChI is InChI=1S/C24H23ClN2O2/c25-20-12-10-17(11-13-20)15-26-23(28)19-7-4-14-27(16-19)24(29)22-9-3-6-18-5-1-2-8-21(18)22/h1-3,5-6,8-13,19H,4,7,14-16H2,(H,26,28). The second kappa shape index (κ2) is 8.66. The second-order valence-corrected chi connectivity index (χ2v) is 7.90. The quantitative estimate of drug-likeness (QED) is 0.684. The van der Waals surface area contributed by atoms with Crippen molar-refractivity contribution in [2.24, 2.45) is 5.92 Å². The maximum Gasteiger partial charge on any atom is 0.254 e. The molecule has 1 aliphatic heterocycles. The lowest BCUT2D eigenvalue weighted by molar-refractivity contribution is -0.126. The predicted octanol–water partition coefficient (Wildman–Crippen LogP) is 4.66. The fourth-order valence-electron chi connectivity index (χ4n) is 3.89. The van der Waals surface area contributed by atoms with Crippen LogP contribution in [-0.2, 0) is 11.3 Å². The molecule has 29 heavy (non-hydrogen) atoms. The molecule has 0 radical (unpaired) electrons. The summed E-state index contributed by atoms with van der Waals surface area (Å²) < 4.78 is 0. The van der Waals surface area contributed by atoms with Gasteiger partial charge < -0.3 is 10.2 Å². The minimum atomic E-state index is -0.185. The zero-order chi connectivity index (χ0) is 20.2. The molecule has 1 aliphatic rings. The number of nitrogens with zero attached hydrogens (tertiary/aromatic N) is 1. The van der Waals surface area contributed by atoms with Crippen LogP contribution in [0.3, 0.4) is 0 Å². The van der Waals surface area contributed by atoms with E-state index in [1.165, 1.54) is 0 Å². The van der Waals surface area contributed by atoms with Crippen molar-refractivity contribution in [3.63, 3.8) is 0 Å². The number of likely N-dealkylation sites (tertiary alicyclic amines) is 1. The molecular weight excluding hydrogens is 384 g/mol. The van der Waals surface area contributed by atoms with E-state index in [1.807, 2.05) is 71.6 Å². The highest BCUT2D eigenvalue weighted by atomic mass is 35.5. The van der Waals surface area contributed by atoms with Crippen LogP contribution in [-0.4, -0.2) is 29.8 Å². The predicted molar refractivity (Wildman–Crippen MR) is 116 cm³/mol. The normalized spacial score (nSPS) is 16.6. The minimum absolute atomic E-state index is 0.00278. The van der Waals surface area contributed by atoms with Crippen molar-refractivity contribution < 1.29 is 9.59 Å². The summed E-state index contributed by atoms with van der Waals surface area (Å²) in [6, 6.07) is 21.1. The van der Waals surface area contributed by atoms with Crippen LogP contribution >= 0.6 is 11.6 Å². The molecule has 3 aromatic carbocycles. The van der Waals surface area contributed by atoms with E-state index in [0.29, 0.717) is 30.2 Å². The van der Waals surface area contributed by atoms with Gasteiger partial charge in [-0.1, -0.05) is 60.1 Å². The molecule has 0 spiro atoms. The Balaban J connectivity index is 1.42. The Kier molecular flexibility index (Phi) is 5.81. The molecule has 148 valence electrons. The topological polar surface area (TPSA) is 49.4 Å². The van der Waals surface area contributed by atoms with Gasteiger partial charge in [-0.25, -0.2) is 0 Å². The number of carbonyl (C=O) groups is 2. The van der Waals surface area contributed by atoms with Crippen molar-refractivity contribution in [3.05, 3.63) is 82.9 Å². The Morgan fingerprint density at radius 3 is 2.59 bits per heavy atom. The number of hydrogen-bond donors (Lipinski definition) is 1. The summed E-state index contributed by atoms with van der Waals surface area (Å²) in [5.41, 5.74) is 1.70. The van der Waals surface area contributed by atoms with E-state index in [4.69, 9.17) is 11.6 Å². The van der Waals surface area contributed by atoms with Crippen molar-refractivity contribution >= 4 is 34.2 Å². The largest absolute Gasteiger partial charge is 0.352 e. The third kappa shape index (κ3) is 4.43. The lowest BCUT2D eigenvalue weighted by Crippen LogP contribution is -2.45. The van der Waals surface area contributed by atoms with E-state index in [9.17, 15) is 9.59 Å². The molecule has 1 atom stereocenters. The van der Waals surface area contributed by atoms with Gasteiger partial charge in [0, 0.05) is 30.2 Å². The first-order chi connectivity index (χ1) is 14.1. The Bertz CT molecular complexity index is 1030. The first-order valence-corrected chi connectivity index (χ1v) is 10.3. The monoisotopic (exact) mass is 406 g/mol. The van der Waals surface area contributed by atoms with E-state index in [1.54, 1.807) is 0 Å². The number of rotatable bonds is 4. The fraction of sp³-hybridized carbons (Fsp3) is 0.250. The number of hydrogen-bond acceptors (Lipinski definition) is 2. The average Bonchev–Trinajstić information content (AvgIpc) is 2.77. The molecule has 4 nitrogen and oxygen atoms in total. The molecule has 1 unspecified atom stereocenters. The van der Waals surface area contributed by atoms with Crippen LogP contribution in [0, 0.1) is 5.92 Å². The molecule has 2 amide bonds. The molecule has 1 fully saturated rings. The van der Waals surface area contributed by atoms with E-state index in [-0.39, 0.29) is 17.7 Å². The van der Waals surface area contributed by atoms with Gasteiger partial charge in [0.15, 0.2) is 0 Å². The van der Waals surface area contributed by atoms with Crippen molar-refractivity contribution in [2.45, 2.75) is 19.4 Å². The fourth-order valence-corrected chi connectivity index (χ4v) is 4.02. The molecule has 0 bridgehead atoms. The highest BCUT2D eigenvalue weighted by Gasteiger charge is 2.29. The van der Waals surface area contributed by atoms with Crippen molar-refractivity contribution in [1.82, 2.24) is 10.2 Å². The van der Waals surface area contributed by atoms with Crippen LogP contribution < -0.4 is 5.32 Å². The zero-order valence-electron chi connectivity index (χ0n) is 16.1. The number of carbonyl (C=O) groups excluding carboxylic acids is 2. The first-order valence-electron chi connectivity index (χ1n) is 9.91. The van der Waals surface area contributed by atoms with Crippen LogP contribution in [0.4, 0.5) is 0 Å². The minimum Gasteiger partial charge on any atom is -0.352 e.